The summed E-state index contributed by atoms with van der Waals surface area (Å²) in [7, 11) is 1.17. The van der Waals surface area contributed by atoms with Crippen LogP contribution in [0.25, 0.3) is 10.9 Å². The maximum Gasteiger partial charge on any atom is 0.343 e. The maximum atomic E-state index is 13.7. The first-order chi connectivity index (χ1) is 8.04. The highest BCUT2D eigenvalue weighted by molar-refractivity contribution is 9.10. The summed E-state index contributed by atoms with van der Waals surface area (Å²) in [6.07, 6.45) is 0. The maximum absolute atomic E-state index is 13.7. The van der Waals surface area contributed by atoms with Crippen LogP contribution >= 0.6 is 15.9 Å². The predicted octanol–water partition coefficient (Wildman–Crippen LogP) is 2.22. The average Bonchev–Trinajstić information content (AvgIpc) is 2.33. The quantitative estimate of drug-likeness (QED) is 0.822. The number of hydrogen-bond donors (Lipinski definition) is 1. The Bertz CT molecular complexity index is 666. The zero-order valence-electron chi connectivity index (χ0n) is 8.71. The van der Waals surface area contributed by atoms with Crippen molar-refractivity contribution in [1.82, 2.24) is 4.98 Å². The second-order valence-corrected chi connectivity index (χ2v) is 4.18. The van der Waals surface area contributed by atoms with Gasteiger partial charge in [-0.1, -0.05) is 6.07 Å². The molecule has 0 saturated heterocycles. The Labute approximate surface area is 104 Å². The highest BCUT2D eigenvalue weighted by Crippen LogP contribution is 2.22. The first-order valence-corrected chi connectivity index (χ1v) is 5.43. The molecule has 0 fully saturated rings. The van der Waals surface area contributed by atoms with Gasteiger partial charge in [-0.3, -0.25) is 4.79 Å². The topological polar surface area (TPSA) is 59.2 Å². The first-order valence-electron chi connectivity index (χ1n) is 4.64. The summed E-state index contributed by atoms with van der Waals surface area (Å²) < 4.78 is 18.4. The van der Waals surface area contributed by atoms with Crippen LogP contribution in [-0.4, -0.2) is 18.1 Å². The third-order valence-corrected chi connectivity index (χ3v) is 2.93. The van der Waals surface area contributed by atoms with E-state index in [9.17, 15) is 14.0 Å². The van der Waals surface area contributed by atoms with Gasteiger partial charge in [-0.2, -0.15) is 0 Å². The lowest BCUT2D eigenvalue weighted by Crippen LogP contribution is -2.18. The number of methoxy groups -OCH3 is 1. The number of carbonyl (C=O) groups excluding carboxylic acids is 1. The number of aromatic nitrogens is 1. The molecule has 0 atom stereocenters. The molecule has 0 saturated carbocycles. The fourth-order valence-electron chi connectivity index (χ4n) is 1.48. The second kappa shape index (κ2) is 4.29. The predicted molar refractivity (Wildman–Crippen MR) is 63.6 cm³/mol. The second-order valence-electron chi connectivity index (χ2n) is 3.33. The van der Waals surface area contributed by atoms with Crippen LogP contribution in [0.3, 0.4) is 0 Å². The standard InChI is InChI=1S/C11H7BrFNO3/c1-17-11(16)6-4-5-2-3-7(12)8(13)9(5)14-10(6)15/h2-4H,1H3,(H,14,15). The molecule has 0 amide bonds. The Balaban J connectivity index is 2.80. The van der Waals surface area contributed by atoms with Gasteiger partial charge in [-0.25, -0.2) is 9.18 Å². The van der Waals surface area contributed by atoms with E-state index in [1.807, 2.05) is 0 Å². The summed E-state index contributed by atoms with van der Waals surface area (Å²) in [5.74, 6) is -1.33. The van der Waals surface area contributed by atoms with Crippen molar-refractivity contribution >= 4 is 32.8 Å². The fraction of sp³-hybridized carbons (Fsp3) is 0.0909. The van der Waals surface area contributed by atoms with E-state index >= 15 is 0 Å². The van der Waals surface area contributed by atoms with Crippen LogP contribution in [-0.2, 0) is 4.74 Å². The van der Waals surface area contributed by atoms with Gasteiger partial charge in [0.05, 0.1) is 17.1 Å². The molecule has 0 unspecified atom stereocenters. The number of aromatic amines is 1. The molecule has 88 valence electrons. The molecule has 2 rings (SSSR count). The molecule has 0 aliphatic heterocycles. The number of pyridine rings is 1. The Morgan fingerprint density at radius 2 is 2.18 bits per heavy atom. The van der Waals surface area contributed by atoms with Gasteiger partial charge in [0, 0.05) is 5.39 Å². The van der Waals surface area contributed by atoms with E-state index in [2.05, 4.69) is 25.7 Å². The minimum absolute atomic E-state index is 0.0528. The number of esters is 1. The van der Waals surface area contributed by atoms with Gasteiger partial charge in [0.1, 0.15) is 5.56 Å². The van der Waals surface area contributed by atoms with E-state index in [-0.39, 0.29) is 15.6 Å². The van der Waals surface area contributed by atoms with Crippen molar-refractivity contribution in [3.63, 3.8) is 0 Å². The molecule has 0 bridgehead atoms. The van der Waals surface area contributed by atoms with Gasteiger partial charge in [-0.05, 0) is 28.1 Å². The summed E-state index contributed by atoms with van der Waals surface area (Å²) in [6.45, 7) is 0. The lowest BCUT2D eigenvalue weighted by atomic mass is 10.1. The normalized spacial score (nSPS) is 10.5. The summed E-state index contributed by atoms with van der Waals surface area (Å²) in [4.78, 5) is 25.2. The summed E-state index contributed by atoms with van der Waals surface area (Å²) in [6, 6.07) is 4.39. The Morgan fingerprint density at radius 1 is 1.47 bits per heavy atom. The van der Waals surface area contributed by atoms with Crippen LogP contribution in [0, 0.1) is 5.82 Å². The van der Waals surface area contributed by atoms with Crippen molar-refractivity contribution in [2.45, 2.75) is 0 Å². The number of benzene rings is 1. The molecular formula is C11H7BrFNO3. The van der Waals surface area contributed by atoms with Crippen LogP contribution in [0.15, 0.2) is 27.5 Å². The lowest BCUT2D eigenvalue weighted by Gasteiger charge is -2.03. The van der Waals surface area contributed by atoms with Crippen LogP contribution in [0.2, 0.25) is 0 Å². The number of H-pyrrole nitrogens is 1. The molecule has 6 heteroatoms. The number of ether oxygens (including phenoxy) is 1. The number of rotatable bonds is 1. The summed E-state index contributed by atoms with van der Waals surface area (Å²) in [5.41, 5.74) is -0.778. The van der Waals surface area contributed by atoms with Crippen molar-refractivity contribution in [2.24, 2.45) is 0 Å². The van der Waals surface area contributed by atoms with Gasteiger partial charge >= 0.3 is 5.97 Å². The average molecular weight is 300 g/mol. The number of hydrogen-bond acceptors (Lipinski definition) is 3. The van der Waals surface area contributed by atoms with E-state index in [1.165, 1.54) is 19.2 Å². The minimum Gasteiger partial charge on any atom is -0.465 e. The highest BCUT2D eigenvalue weighted by atomic mass is 79.9. The van der Waals surface area contributed by atoms with Crippen molar-refractivity contribution in [1.29, 1.82) is 0 Å². The molecule has 0 spiro atoms. The third-order valence-electron chi connectivity index (χ3n) is 2.32. The van der Waals surface area contributed by atoms with Gasteiger partial charge in [0.2, 0.25) is 0 Å². The molecule has 0 aliphatic carbocycles. The summed E-state index contributed by atoms with van der Waals surface area (Å²) >= 11 is 3.01. The molecule has 4 nitrogen and oxygen atoms in total. The molecule has 0 aliphatic rings. The zero-order chi connectivity index (χ0) is 12.6. The van der Waals surface area contributed by atoms with Gasteiger partial charge in [0.25, 0.3) is 5.56 Å². The number of halogens is 2. The Hall–Kier alpha value is -1.69. The molecule has 17 heavy (non-hydrogen) atoms. The molecule has 1 heterocycles. The molecular weight excluding hydrogens is 293 g/mol. The number of nitrogens with one attached hydrogen (secondary N) is 1. The van der Waals surface area contributed by atoms with Gasteiger partial charge < -0.3 is 9.72 Å². The largest absolute Gasteiger partial charge is 0.465 e. The van der Waals surface area contributed by atoms with E-state index in [0.29, 0.717) is 5.39 Å². The molecule has 2 aromatic rings. The van der Waals surface area contributed by atoms with E-state index < -0.39 is 17.3 Å². The third kappa shape index (κ3) is 1.95. The molecule has 1 aromatic heterocycles. The van der Waals surface area contributed by atoms with Gasteiger partial charge in [-0.15, -0.1) is 0 Å². The van der Waals surface area contributed by atoms with Crippen LogP contribution in [0.4, 0.5) is 4.39 Å². The monoisotopic (exact) mass is 299 g/mol. The van der Waals surface area contributed by atoms with Crippen molar-refractivity contribution in [3.8, 4) is 0 Å². The van der Waals surface area contributed by atoms with E-state index in [1.54, 1.807) is 6.07 Å². The minimum atomic E-state index is -0.753. The first kappa shape index (κ1) is 11.8. The van der Waals surface area contributed by atoms with Crippen LogP contribution in [0.1, 0.15) is 10.4 Å². The van der Waals surface area contributed by atoms with Crippen LogP contribution < -0.4 is 5.56 Å². The number of fused-ring (bicyclic) bond motifs is 1. The van der Waals surface area contributed by atoms with E-state index in [4.69, 9.17) is 0 Å². The SMILES string of the molecule is COC(=O)c1cc2ccc(Br)c(F)c2[nH]c1=O. The van der Waals surface area contributed by atoms with Gasteiger partial charge in [0.15, 0.2) is 5.82 Å². The molecule has 1 N–H and O–H groups in total. The Morgan fingerprint density at radius 3 is 2.82 bits per heavy atom. The van der Waals surface area contributed by atoms with Crippen molar-refractivity contribution in [2.75, 3.05) is 7.11 Å². The number of carbonyl (C=O) groups is 1. The molecule has 0 radical (unpaired) electrons. The highest BCUT2D eigenvalue weighted by Gasteiger charge is 2.14. The van der Waals surface area contributed by atoms with Crippen molar-refractivity contribution in [3.05, 3.63) is 44.4 Å². The zero-order valence-corrected chi connectivity index (χ0v) is 10.3. The van der Waals surface area contributed by atoms with Crippen LogP contribution in [0.5, 0.6) is 0 Å². The van der Waals surface area contributed by atoms with E-state index in [0.717, 1.165) is 0 Å². The molecule has 1 aromatic carbocycles. The summed E-state index contributed by atoms with van der Waals surface area (Å²) in [5, 5.41) is 0.422. The lowest BCUT2D eigenvalue weighted by molar-refractivity contribution is 0.0599. The van der Waals surface area contributed by atoms with Crippen molar-refractivity contribution < 1.29 is 13.9 Å². The smallest absolute Gasteiger partial charge is 0.343 e. The Kier molecular flexibility index (Phi) is 2.97. The fourth-order valence-corrected chi connectivity index (χ4v) is 1.81.